The highest BCUT2D eigenvalue weighted by molar-refractivity contribution is 7.80. The number of nitrogens with one attached hydrogen (secondary N) is 1. The molecule has 4 rings (SSSR count). The van der Waals surface area contributed by atoms with E-state index in [2.05, 4.69) is 15.1 Å². The molecule has 5 nitrogen and oxygen atoms in total. The summed E-state index contributed by atoms with van der Waals surface area (Å²) in [5.74, 6) is 1.52. The molecular weight excluding hydrogens is 417 g/mol. The lowest BCUT2D eigenvalue weighted by molar-refractivity contribution is 0.171. The summed E-state index contributed by atoms with van der Waals surface area (Å²) in [6, 6.07) is 11.4. The summed E-state index contributed by atoms with van der Waals surface area (Å²) in [6.07, 6.45) is 0. The van der Waals surface area contributed by atoms with Gasteiger partial charge in [-0.2, -0.15) is 0 Å². The number of nitrogens with zero attached hydrogens (tertiary/aromatic N) is 2. The molecular formula is C20H21Cl2N3O2S. The van der Waals surface area contributed by atoms with Crippen molar-refractivity contribution in [1.82, 2.24) is 9.80 Å². The van der Waals surface area contributed by atoms with Gasteiger partial charge in [-0.05, 0) is 36.5 Å². The molecule has 2 aliphatic heterocycles. The van der Waals surface area contributed by atoms with Crippen molar-refractivity contribution in [3.8, 4) is 11.5 Å². The number of fused-ring (bicyclic) bond motifs is 1. The van der Waals surface area contributed by atoms with Crippen molar-refractivity contribution in [1.29, 1.82) is 0 Å². The smallest absolute Gasteiger partial charge is 0.173 e. The molecule has 1 N–H and O–H groups in total. The zero-order chi connectivity index (χ0) is 19.5. The van der Waals surface area contributed by atoms with E-state index in [1.54, 1.807) is 0 Å². The van der Waals surface area contributed by atoms with Gasteiger partial charge in [0.25, 0.3) is 0 Å². The van der Waals surface area contributed by atoms with Crippen LogP contribution < -0.4 is 14.8 Å². The van der Waals surface area contributed by atoms with E-state index in [1.807, 2.05) is 36.4 Å². The van der Waals surface area contributed by atoms with Gasteiger partial charge in [0.15, 0.2) is 16.6 Å². The van der Waals surface area contributed by atoms with E-state index >= 15 is 0 Å². The summed E-state index contributed by atoms with van der Waals surface area (Å²) in [6.45, 7) is 5.38. The average Bonchev–Trinajstić information content (AvgIpc) is 2.71. The standard InChI is InChI=1S/C20H21Cl2N3O2S/c21-16-2-1-3-17(22)15(16)13-24-6-8-25(9-7-24)20(28)23-14-4-5-18-19(12-14)27-11-10-26-18/h1-5,12H,6-11,13H2,(H,23,28). The van der Waals surface area contributed by atoms with Gasteiger partial charge < -0.3 is 19.7 Å². The van der Waals surface area contributed by atoms with Gasteiger partial charge in [0.2, 0.25) is 0 Å². The molecule has 2 aliphatic rings. The maximum Gasteiger partial charge on any atom is 0.173 e. The molecule has 2 aromatic carbocycles. The molecule has 0 amide bonds. The number of benzene rings is 2. The molecule has 0 radical (unpaired) electrons. The van der Waals surface area contributed by atoms with Crippen molar-refractivity contribution in [2.75, 3.05) is 44.7 Å². The molecule has 0 atom stereocenters. The fourth-order valence-corrected chi connectivity index (χ4v) is 4.16. The summed E-state index contributed by atoms with van der Waals surface area (Å²) in [5.41, 5.74) is 1.88. The lowest BCUT2D eigenvalue weighted by Gasteiger charge is -2.36. The van der Waals surface area contributed by atoms with Crippen LogP contribution in [0.25, 0.3) is 0 Å². The van der Waals surface area contributed by atoms with E-state index < -0.39 is 0 Å². The second-order valence-electron chi connectivity index (χ2n) is 6.75. The van der Waals surface area contributed by atoms with Gasteiger partial charge in [0.05, 0.1) is 0 Å². The molecule has 28 heavy (non-hydrogen) atoms. The molecule has 2 heterocycles. The fourth-order valence-electron chi connectivity index (χ4n) is 3.34. The van der Waals surface area contributed by atoms with Crippen LogP contribution in [-0.2, 0) is 6.54 Å². The van der Waals surface area contributed by atoms with E-state index in [1.165, 1.54) is 0 Å². The molecule has 1 saturated heterocycles. The van der Waals surface area contributed by atoms with Crippen LogP contribution in [0.3, 0.4) is 0 Å². The number of piperazine rings is 1. The summed E-state index contributed by atoms with van der Waals surface area (Å²) in [4.78, 5) is 4.52. The van der Waals surface area contributed by atoms with Gasteiger partial charge in [0, 0.05) is 60.1 Å². The van der Waals surface area contributed by atoms with Crippen LogP contribution in [0.1, 0.15) is 5.56 Å². The Labute approximate surface area is 180 Å². The normalized spacial score (nSPS) is 16.7. The monoisotopic (exact) mass is 437 g/mol. The quantitative estimate of drug-likeness (QED) is 0.722. The first-order valence-corrected chi connectivity index (χ1v) is 10.4. The third-order valence-corrected chi connectivity index (χ3v) is 5.96. The summed E-state index contributed by atoms with van der Waals surface area (Å²) < 4.78 is 11.2. The fraction of sp³-hybridized carbons (Fsp3) is 0.350. The van der Waals surface area contributed by atoms with Crippen LogP contribution in [0.5, 0.6) is 11.5 Å². The first-order valence-electron chi connectivity index (χ1n) is 9.21. The van der Waals surface area contributed by atoms with Crippen molar-refractivity contribution < 1.29 is 9.47 Å². The van der Waals surface area contributed by atoms with Gasteiger partial charge in [-0.3, -0.25) is 4.90 Å². The molecule has 0 saturated carbocycles. The predicted molar refractivity (Wildman–Crippen MR) is 117 cm³/mol. The maximum absolute atomic E-state index is 6.30. The van der Waals surface area contributed by atoms with Gasteiger partial charge in [0.1, 0.15) is 13.2 Å². The summed E-state index contributed by atoms with van der Waals surface area (Å²) in [7, 11) is 0. The maximum atomic E-state index is 6.30. The van der Waals surface area contributed by atoms with E-state index in [9.17, 15) is 0 Å². The van der Waals surface area contributed by atoms with Crippen molar-refractivity contribution in [3.05, 3.63) is 52.0 Å². The van der Waals surface area contributed by atoms with Crippen LogP contribution in [-0.4, -0.2) is 54.3 Å². The van der Waals surface area contributed by atoms with Gasteiger partial charge in [-0.25, -0.2) is 0 Å². The van der Waals surface area contributed by atoms with Crippen LogP contribution in [0.15, 0.2) is 36.4 Å². The molecule has 8 heteroatoms. The molecule has 1 fully saturated rings. The first kappa shape index (κ1) is 19.6. The Morgan fingerprint density at radius 3 is 2.36 bits per heavy atom. The Kier molecular flexibility index (Phi) is 6.11. The largest absolute Gasteiger partial charge is 0.486 e. The van der Waals surface area contributed by atoms with Crippen molar-refractivity contribution in [2.45, 2.75) is 6.54 Å². The molecule has 2 aromatic rings. The number of hydrogen-bond donors (Lipinski definition) is 1. The molecule has 0 unspecified atom stereocenters. The third-order valence-electron chi connectivity index (χ3n) is 4.90. The number of halogens is 2. The van der Waals surface area contributed by atoms with E-state index in [0.29, 0.717) is 28.4 Å². The zero-order valence-corrected chi connectivity index (χ0v) is 17.6. The minimum Gasteiger partial charge on any atom is -0.486 e. The van der Waals surface area contributed by atoms with E-state index in [0.717, 1.165) is 55.5 Å². The van der Waals surface area contributed by atoms with Crippen LogP contribution in [0.4, 0.5) is 5.69 Å². The lowest BCUT2D eigenvalue weighted by Crippen LogP contribution is -2.49. The number of rotatable bonds is 3. The highest BCUT2D eigenvalue weighted by atomic mass is 35.5. The summed E-state index contributed by atoms with van der Waals surface area (Å²) in [5, 5.41) is 5.45. The van der Waals surface area contributed by atoms with Crippen molar-refractivity contribution >= 4 is 46.2 Å². The molecule has 0 spiro atoms. The van der Waals surface area contributed by atoms with Crippen LogP contribution in [0.2, 0.25) is 10.0 Å². The van der Waals surface area contributed by atoms with E-state index in [-0.39, 0.29) is 0 Å². The Bertz CT molecular complexity index is 852. The second kappa shape index (κ2) is 8.74. The molecule has 0 bridgehead atoms. The Hall–Kier alpha value is -1.73. The highest BCUT2D eigenvalue weighted by Crippen LogP contribution is 2.32. The number of thiocarbonyl (C=S) groups is 1. The SMILES string of the molecule is S=C(Nc1ccc2c(c1)OCCO2)N1CCN(Cc2c(Cl)cccc2Cl)CC1. The topological polar surface area (TPSA) is 37.0 Å². The zero-order valence-electron chi connectivity index (χ0n) is 15.3. The van der Waals surface area contributed by atoms with Gasteiger partial charge in [-0.1, -0.05) is 29.3 Å². The second-order valence-corrected chi connectivity index (χ2v) is 7.95. The minimum absolute atomic E-state index is 0.568. The Morgan fingerprint density at radius 1 is 0.964 bits per heavy atom. The minimum atomic E-state index is 0.568. The van der Waals surface area contributed by atoms with Gasteiger partial charge in [-0.15, -0.1) is 0 Å². The van der Waals surface area contributed by atoms with Crippen molar-refractivity contribution in [3.63, 3.8) is 0 Å². The van der Waals surface area contributed by atoms with Crippen LogP contribution in [0, 0.1) is 0 Å². The third kappa shape index (κ3) is 4.46. The molecule has 0 aromatic heterocycles. The Balaban J connectivity index is 1.32. The van der Waals surface area contributed by atoms with Gasteiger partial charge >= 0.3 is 0 Å². The number of anilines is 1. The number of ether oxygens (including phenoxy) is 2. The molecule has 0 aliphatic carbocycles. The van der Waals surface area contributed by atoms with E-state index in [4.69, 9.17) is 44.9 Å². The highest BCUT2D eigenvalue weighted by Gasteiger charge is 2.21. The predicted octanol–water partition coefficient (Wildman–Crippen LogP) is 4.28. The summed E-state index contributed by atoms with van der Waals surface area (Å²) >= 11 is 18.2. The number of hydrogen-bond acceptors (Lipinski definition) is 4. The Morgan fingerprint density at radius 2 is 1.64 bits per heavy atom. The first-order chi connectivity index (χ1) is 13.6. The lowest BCUT2D eigenvalue weighted by atomic mass is 10.2. The molecule has 148 valence electrons. The average molecular weight is 438 g/mol. The van der Waals surface area contributed by atoms with Crippen molar-refractivity contribution in [2.24, 2.45) is 0 Å². The van der Waals surface area contributed by atoms with Crippen LogP contribution >= 0.6 is 35.4 Å².